The van der Waals surface area contributed by atoms with Gasteiger partial charge in [-0.25, -0.2) is 0 Å². The number of hydrogen-bond donors (Lipinski definition) is 0. The third-order valence-electron chi connectivity index (χ3n) is 2.97. The van der Waals surface area contributed by atoms with Crippen LogP contribution in [0.5, 0.6) is 0 Å². The van der Waals surface area contributed by atoms with E-state index in [-0.39, 0.29) is 0 Å². The SMILES string of the molecule is C=C(CCl)CN(C)C1CCN(C)CC1. The maximum absolute atomic E-state index is 5.72. The van der Waals surface area contributed by atoms with Gasteiger partial charge < -0.3 is 4.90 Å². The average molecular weight is 217 g/mol. The molecule has 0 saturated carbocycles. The van der Waals surface area contributed by atoms with Crippen molar-refractivity contribution in [2.75, 3.05) is 39.6 Å². The van der Waals surface area contributed by atoms with Gasteiger partial charge in [-0.1, -0.05) is 6.58 Å². The van der Waals surface area contributed by atoms with E-state index >= 15 is 0 Å². The predicted octanol–water partition coefficient (Wildman–Crippen LogP) is 1.81. The van der Waals surface area contributed by atoms with Gasteiger partial charge in [0.15, 0.2) is 0 Å². The van der Waals surface area contributed by atoms with Gasteiger partial charge in [0, 0.05) is 18.5 Å². The standard InChI is InChI=1S/C11H21ClN2/c1-10(8-12)9-14(3)11-4-6-13(2)7-5-11/h11H,1,4-9H2,2-3H3. The number of alkyl halides is 1. The molecule has 14 heavy (non-hydrogen) atoms. The van der Waals surface area contributed by atoms with Crippen molar-refractivity contribution in [3.05, 3.63) is 12.2 Å². The van der Waals surface area contributed by atoms with E-state index in [0.717, 1.165) is 12.1 Å². The van der Waals surface area contributed by atoms with E-state index in [4.69, 9.17) is 11.6 Å². The van der Waals surface area contributed by atoms with Gasteiger partial charge in [0.1, 0.15) is 0 Å². The second-order valence-electron chi connectivity index (χ2n) is 4.33. The summed E-state index contributed by atoms with van der Waals surface area (Å²) >= 11 is 5.72. The van der Waals surface area contributed by atoms with Crippen LogP contribution in [0.1, 0.15) is 12.8 Å². The van der Waals surface area contributed by atoms with Crippen LogP contribution >= 0.6 is 11.6 Å². The Morgan fingerprint density at radius 1 is 1.50 bits per heavy atom. The van der Waals surface area contributed by atoms with Crippen molar-refractivity contribution < 1.29 is 0 Å². The maximum Gasteiger partial charge on any atom is 0.0443 e. The first kappa shape index (κ1) is 12.0. The second-order valence-corrected chi connectivity index (χ2v) is 4.60. The van der Waals surface area contributed by atoms with E-state index in [1.165, 1.54) is 25.9 Å². The van der Waals surface area contributed by atoms with E-state index in [0.29, 0.717) is 11.9 Å². The van der Waals surface area contributed by atoms with Crippen molar-refractivity contribution in [3.63, 3.8) is 0 Å². The zero-order valence-corrected chi connectivity index (χ0v) is 10.1. The lowest BCUT2D eigenvalue weighted by Crippen LogP contribution is -2.42. The fourth-order valence-electron chi connectivity index (χ4n) is 1.96. The third kappa shape index (κ3) is 3.60. The number of piperidine rings is 1. The molecule has 0 aliphatic carbocycles. The normalized spacial score (nSPS) is 20.3. The van der Waals surface area contributed by atoms with Gasteiger partial charge >= 0.3 is 0 Å². The van der Waals surface area contributed by atoms with Gasteiger partial charge in [0.05, 0.1) is 0 Å². The fraction of sp³-hybridized carbons (Fsp3) is 0.818. The second kappa shape index (κ2) is 5.74. The van der Waals surface area contributed by atoms with Crippen molar-refractivity contribution in [1.82, 2.24) is 9.80 Å². The van der Waals surface area contributed by atoms with Gasteiger partial charge in [-0.05, 0) is 45.6 Å². The minimum Gasteiger partial charge on any atom is -0.306 e. The summed E-state index contributed by atoms with van der Waals surface area (Å²) in [5.41, 5.74) is 1.12. The van der Waals surface area contributed by atoms with Crippen LogP contribution in [0.2, 0.25) is 0 Å². The average Bonchev–Trinajstić information content (AvgIpc) is 2.18. The summed E-state index contributed by atoms with van der Waals surface area (Å²) in [5, 5.41) is 0. The van der Waals surface area contributed by atoms with Crippen LogP contribution < -0.4 is 0 Å². The Morgan fingerprint density at radius 3 is 2.57 bits per heavy atom. The molecule has 1 aliphatic rings. The summed E-state index contributed by atoms with van der Waals surface area (Å²) in [4.78, 5) is 4.78. The monoisotopic (exact) mass is 216 g/mol. The number of rotatable bonds is 4. The van der Waals surface area contributed by atoms with Crippen LogP contribution in [0.3, 0.4) is 0 Å². The van der Waals surface area contributed by atoms with Gasteiger partial charge in [-0.15, -0.1) is 11.6 Å². The molecule has 0 atom stereocenters. The minimum absolute atomic E-state index is 0.580. The molecular weight excluding hydrogens is 196 g/mol. The molecule has 2 nitrogen and oxygen atoms in total. The first-order chi connectivity index (χ1) is 6.63. The zero-order chi connectivity index (χ0) is 10.6. The Labute approximate surface area is 92.5 Å². The Kier molecular flexibility index (Phi) is 4.93. The van der Waals surface area contributed by atoms with Crippen molar-refractivity contribution in [1.29, 1.82) is 0 Å². The molecule has 0 spiro atoms. The quantitative estimate of drug-likeness (QED) is 0.523. The molecule has 1 heterocycles. The van der Waals surface area contributed by atoms with Crippen LogP contribution in [-0.4, -0.2) is 55.5 Å². The summed E-state index contributed by atoms with van der Waals surface area (Å²) in [6, 6.07) is 0.714. The minimum atomic E-state index is 0.580. The molecule has 0 bridgehead atoms. The molecule has 1 aliphatic heterocycles. The van der Waals surface area contributed by atoms with Gasteiger partial charge in [0.25, 0.3) is 0 Å². The molecule has 1 saturated heterocycles. The highest BCUT2D eigenvalue weighted by molar-refractivity contribution is 6.19. The first-order valence-corrected chi connectivity index (χ1v) is 5.78. The molecule has 82 valence electrons. The molecule has 0 aromatic rings. The molecule has 1 rings (SSSR count). The van der Waals surface area contributed by atoms with E-state index in [1.807, 2.05) is 0 Å². The van der Waals surface area contributed by atoms with Crippen LogP contribution in [-0.2, 0) is 0 Å². The molecule has 0 aromatic carbocycles. The Morgan fingerprint density at radius 2 is 2.07 bits per heavy atom. The molecule has 0 amide bonds. The summed E-state index contributed by atoms with van der Waals surface area (Å²) < 4.78 is 0. The lowest BCUT2D eigenvalue weighted by molar-refractivity contribution is 0.153. The van der Waals surface area contributed by atoms with E-state index in [2.05, 4.69) is 30.5 Å². The molecule has 0 radical (unpaired) electrons. The molecule has 1 fully saturated rings. The summed E-state index contributed by atoms with van der Waals surface area (Å²) in [6.07, 6.45) is 2.53. The van der Waals surface area contributed by atoms with Crippen molar-refractivity contribution in [3.8, 4) is 0 Å². The molecule has 0 N–H and O–H groups in total. The maximum atomic E-state index is 5.72. The first-order valence-electron chi connectivity index (χ1n) is 5.25. The number of hydrogen-bond acceptors (Lipinski definition) is 2. The third-order valence-corrected chi connectivity index (χ3v) is 3.35. The lowest BCUT2D eigenvalue weighted by atomic mass is 10.0. The summed E-state index contributed by atoms with van der Waals surface area (Å²) in [5.74, 6) is 0.580. The Balaban J connectivity index is 2.30. The molecule has 0 aromatic heterocycles. The topological polar surface area (TPSA) is 6.48 Å². The van der Waals surface area contributed by atoms with Gasteiger partial charge in [-0.2, -0.15) is 0 Å². The van der Waals surface area contributed by atoms with Crippen LogP contribution in [0.4, 0.5) is 0 Å². The smallest absolute Gasteiger partial charge is 0.0443 e. The summed E-state index contributed by atoms with van der Waals surface area (Å²) in [6.45, 7) is 7.30. The highest BCUT2D eigenvalue weighted by Crippen LogP contribution is 2.14. The molecule has 3 heteroatoms. The number of likely N-dealkylation sites (tertiary alicyclic amines) is 1. The zero-order valence-electron chi connectivity index (χ0n) is 9.30. The summed E-state index contributed by atoms with van der Waals surface area (Å²) in [7, 11) is 4.36. The fourth-order valence-corrected chi connectivity index (χ4v) is 2.04. The number of likely N-dealkylation sites (N-methyl/N-ethyl adjacent to an activating group) is 1. The van der Waals surface area contributed by atoms with Crippen molar-refractivity contribution in [2.45, 2.75) is 18.9 Å². The van der Waals surface area contributed by atoms with Crippen molar-refractivity contribution in [2.24, 2.45) is 0 Å². The lowest BCUT2D eigenvalue weighted by Gasteiger charge is -2.35. The highest BCUT2D eigenvalue weighted by atomic mass is 35.5. The predicted molar refractivity (Wildman–Crippen MR) is 63.0 cm³/mol. The largest absolute Gasteiger partial charge is 0.306 e. The van der Waals surface area contributed by atoms with Gasteiger partial charge in [0.2, 0.25) is 0 Å². The van der Waals surface area contributed by atoms with Crippen molar-refractivity contribution >= 4 is 11.6 Å². The van der Waals surface area contributed by atoms with Gasteiger partial charge in [-0.3, -0.25) is 4.90 Å². The number of halogens is 1. The number of nitrogens with zero attached hydrogens (tertiary/aromatic N) is 2. The molecule has 0 unspecified atom stereocenters. The van der Waals surface area contributed by atoms with E-state index in [1.54, 1.807) is 0 Å². The van der Waals surface area contributed by atoms with Crippen LogP contribution in [0, 0.1) is 0 Å². The van der Waals surface area contributed by atoms with E-state index < -0.39 is 0 Å². The van der Waals surface area contributed by atoms with Crippen LogP contribution in [0.15, 0.2) is 12.2 Å². The highest BCUT2D eigenvalue weighted by Gasteiger charge is 2.20. The van der Waals surface area contributed by atoms with E-state index in [9.17, 15) is 0 Å². The Hall–Kier alpha value is -0.0500. The Bertz CT molecular complexity index is 186. The molecular formula is C11H21ClN2. The van der Waals surface area contributed by atoms with Crippen LogP contribution in [0.25, 0.3) is 0 Å².